The van der Waals surface area contributed by atoms with E-state index >= 15 is 0 Å². The van der Waals surface area contributed by atoms with E-state index in [-0.39, 0.29) is 18.8 Å². The van der Waals surface area contributed by atoms with E-state index in [2.05, 4.69) is 0 Å². The van der Waals surface area contributed by atoms with Crippen molar-refractivity contribution in [1.29, 1.82) is 0 Å². The van der Waals surface area contributed by atoms with Gasteiger partial charge in [-0.05, 0) is 30.2 Å². The first-order valence-electron chi connectivity index (χ1n) is 8.26. The lowest BCUT2D eigenvalue weighted by Crippen LogP contribution is -2.28. The Hall–Kier alpha value is -2.44. The number of rotatable bonds is 8. The predicted molar refractivity (Wildman–Crippen MR) is 97.0 cm³/mol. The van der Waals surface area contributed by atoms with Crippen LogP contribution in [0.2, 0.25) is 5.02 Å². The van der Waals surface area contributed by atoms with Gasteiger partial charge in [0.2, 0.25) is 0 Å². The zero-order chi connectivity index (χ0) is 19.8. The summed E-state index contributed by atoms with van der Waals surface area (Å²) in [5, 5.41) is 11.0. The average Bonchev–Trinajstić information content (AvgIpc) is 2.66. The molecule has 0 bridgehead atoms. The Balaban J connectivity index is 2.32. The van der Waals surface area contributed by atoms with Crippen molar-refractivity contribution in [2.45, 2.75) is 19.6 Å². The van der Waals surface area contributed by atoms with Crippen LogP contribution >= 0.6 is 11.6 Å². The molecule has 1 N–H and O–H groups in total. The summed E-state index contributed by atoms with van der Waals surface area (Å²) in [6, 6.07) is 14.5. The zero-order valence-electron chi connectivity index (χ0n) is 14.6. The summed E-state index contributed by atoms with van der Waals surface area (Å²) >= 11 is 5.81. The lowest BCUT2D eigenvalue weighted by atomic mass is 9.94. The number of carbonyl (C=O) groups is 1. The molecule has 0 heterocycles. The fourth-order valence-electron chi connectivity index (χ4n) is 2.46. The molecule has 2 aromatic carbocycles. The molecular formula is C20H19ClF2O4. The van der Waals surface area contributed by atoms with Crippen LogP contribution in [0.3, 0.4) is 0 Å². The van der Waals surface area contributed by atoms with E-state index in [1.165, 1.54) is 24.3 Å². The van der Waals surface area contributed by atoms with Gasteiger partial charge in [-0.25, -0.2) is 0 Å². The fourth-order valence-corrected chi connectivity index (χ4v) is 2.59. The van der Waals surface area contributed by atoms with Crippen LogP contribution in [0.4, 0.5) is 8.78 Å². The molecule has 0 aliphatic heterocycles. The summed E-state index contributed by atoms with van der Waals surface area (Å²) in [6.07, 6.45) is -3.79. The summed E-state index contributed by atoms with van der Waals surface area (Å²) in [6.45, 7) is 1.34. The van der Waals surface area contributed by atoms with Crippen LogP contribution in [0.25, 0.3) is 0 Å². The van der Waals surface area contributed by atoms with Gasteiger partial charge in [0, 0.05) is 5.02 Å². The Labute approximate surface area is 161 Å². The van der Waals surface area contributed by atoms with E-state index in [9.17, 15) is 18.7 Å². The molecule has 0 aromatic heterocycles. The van der Waals surface area contributed by atoms with Crippen LogP contribution in [0.5, 0.6) is 0 Å². The molecule has 27 heavy (non-hydrogen) atoms. The van der Waals surface area contributed by atoms with Gasteiger partial charge in [0.25, 0.3) is 0 Å². The molecule has 0 saturated carbocycles. The third-order valence-electron chi connectivity index (χ3n) is 3.77. The molecule has 2 aromatic rings. The lowest BCUT2D eigenvalue weighted by molar-refractivity contribution is -0.152. The summed E-state index contributed by atoms with van der Waals surface area (Å²) < 4.78 is 37.3. The lowest BCUT2D eigenvalue weighted by Gasteiger charge is -2.24. The maximum Gasteiger partial charge on any atom is 0.319 e. The van der Waals surface area contributed by atoms with E-state index in [0.29, 0.717) is 10.6 Å². The number of benzene rings is 2. The number of halogens is 3. The summed E-state index contributed by atoms with van der Waals surface area (Å²) in [4.78, 5) is 12.3. The van der Waals surface area contributed by atoms with Crippen molar-refractivity contribution in [1.82, 2.24) is 0 Å². The van der Waals surface area contributed by atoms with Crippen LogP contribution in [0.15, 0.2) is 66.4 Å². The number of aliphatic hydroxyl groups excluding tert-OH is 1. The minimum Gasteiger partial charge on any atom is -0.487 e. The van der Waals surface area contributed by atoms with Gasteiger partial charge in [0.15, 0.2) is 5.76 Å². The molecule has 0 fully saturated rings. The normalized spacial score (nSPS) is 12.8. The van der Waals surface area contributed by atoms with Crippen molar-refractivity contribution < 1.29 is 28.2 Å². The van der Waals surface area contributed by atoms with Gasteiger partial charge in [-0.1, -0.05) is 54.1 Å². The second kappa shape index (κ2) is 10.0. The van der Waals surface area contributed by atoms with Crippen molar-refractivity contribution in [3.05, 3.63) is 82.6 Å². The highest BCUT2D eigenvalue weighted by Gasteiger charge is 2.37. The first kappa shape index (κ1) is 20.9. The third kappa shape index (κ3) is 5.77. The van der Waals surface area contributed by atoms with Crippen LogP contribution in [-0.2, 0) is 20.9 Å². The SMILES string of the molecule is CCOC(=O)[C@@H](C(OCc1ccccc1)=C(F)F)[C@@H](O)c1ccc(Cl)cc1. The van der Waals surface area contributed by atoms with Crippen molar-refractivity contribution >= 4 is 17.6 Å². The number of carbonyl (C=O) groups excluding carboxylic acids is 1. The molecule has 4 nitrogen and oxygen atoms in total. The highest BCUT2D eigenvalue weighted by atomic mass is 35.5. The van der Waals surface area contributed by atoms with Gasteiger partial charge in [-0.15, -0.1) is 0 Å². The Morgan fingerprint density at radius 2 is 1.70 bits per heavy atom. The van der Waals surface area contributed by atoms with Gasteiger partial charge in [-0.3, -0.25) is 4.79 Å². The molecule has 7 heteroatoms. The number of ether oxygens (including phenoxy) is 2. The Morgan fingerprint density at radius 3 is 2.26 bits per heavy atom. The molecule has 0 amide bonds. The molecule has 0 saturated heterocycles. The maximum absolute atomic E-state index is 13.6. The molecule has 0 aliphatic carbocycles. The molecule has 0 radical (unpaired) electrons. The topological polar surface area (TPSA) is 55.8 Å². The Morgan fingerprint density at radius 1 is 1.07 bits per heavy atom. The molecular weight excluding hydrogens is 378 g/mol. The monoisotopic (exact) mass is 396 g/mol. The molecule has 2 rings (SSSR count). The zero-order valence-corrected chi connectivity index (χ0v) is 15.3. The van der Waals surface area contributed by atoms with Crippen LogP contribution < -0.4 is 0 Å². The molecule has 0 unspecified atom stereocenters. The van der Waals surface area contributed by atoms with Crippen LogP contribution in [-0.4, -0.2) is 17.7 Å². The van der Waals surface area contributed by atoms with Crippen molar-refractivity contribution in [3.8, 4) is 0 Å². The van der Waals surface area contributed by atoms with E-state index in [4.69, 9.17) is 21.1 Å². The smallest absolute Gasteiger partial charge is 0.319 e. The molecule has 2 atom stereocenters. The first-order chi connectivity index (χ1) is 12.9. The molecule has 144 valence electrons. The fraction of sp³-hybridized carbons (Fsp3) is 0.250. The number of aliphatic hydroxyl groups is 1. The predicted octanol–water partition coefficient (Wildman–Crippen LogP) is 4.88. The average molecular weight is 397 g/mol. The minimum absolute atomic E-state index is 0.0253. The quantitative estimate of drug-likeness (QED) is 0.510. The number of hydrogen-bond acceptors (Lipinski definition) is 4. The van der Waals surface area contributed by atoms with E-state index in [1.54, 1.807) is 37.3 Å². The summed E-state index contributed by atoms with van der Waals surface area (Å²) in [5.41, 5.74) is 0.874. The van der Waals surface area contributed by atoms with Crippen molar-refractivity contribution in [3.63, 3.8) is 0 Å². The Bertz CT molecular complexity index is 774. The van der Waals surface area contributed by atoms with Crippen molar-refractivity contribution in [2.24, 2.45) is 5.92 Å². The van der Waals surface area contributed by atoms with E-state index in [0.717, 1.165) is 0 Å². The van der Waals surface area contributed by atoms with Gasteiger partial charge in [0.05, 0.1) is 12.7 Å². The number of hydrogen-bond donors (Lipinski definition) is 1. The maximum atomic E-state index is 13.6. The first-order valence-corrected chi connectivity index (χ1v) is 8.63. The summed E-state index contributed by atoms with van der Waals surface area (Å²) in [7, 11) is 0. The Kier molecular flexibility index (Phi) is 7.76. The standard InChI is InChI=1S/C20H19ClF2O4/c1-2-26-20(25)16(17(24)14-8-10-15(21)11-9-14)18(19(22)23)27-12-13-6-4-3-5-7-13/h3-11,16-17,24H,2,12H2,1H3/t16-,17+/m1/s1. The van der Waals surface area contributed by atoms with E-state index < -0.39 is 29.8 Å². The second-order valence-electron chi connectivity index (χ2n) is 5.63. The van der Waals surface area contributed by atoms with Gasteiger partial charge in [-0.2, -0.15) is 8.78 Å². The molecule has 0 spiro atoms. The van der Waals surface area contributed by atoms with Gasteiger partial charge < -0.3 is 14.6 Å². The van der Waals surface area contributed by atoms with Gasteiger partial charge >= 0.3 is 12.0 Å². The molecule has 0 aliphatic rings. The van der Waals surface area contributed by atoms with Crippen LogP contribution in [0.1, 0.15) is 24.2 Å². The highest BCUT2D eigenvalue weighted by Crippen LogP contribution is 2.33. The van der Waals surface area contributed by atoms with E-state index in [1.807, 2.05) is 0 Å². The third-order valence-corrected chi connectivity index (χ3v) is 4.03. The second-order valence-corrected chi connectivity index (χ2v) is 6.06. The highest BCUT2D eigenvalue weighted by molar-refractivity contribution is 6.30. The van der Waals surface area contributed by atoms with Crippen molar-refractivity contribution in [2.75, 3.05) is 6.61 Å². The van der Waals surface area contributed by atoms with Crippen LogP contribution in [0, 0.1) is 5.92 Å². The number of esters is 1. The summed E-state index contributed by atoms with van der Waals surface area (Å²) in [5.74, 6) is -3.63. The van der Waals surface area contributed by atoms with Gasteiger partial charge in [0.1, 0.15) is 12.5 Å². The largest absolute Gasteiger partial charge is 0.487 e. The minimum atomic E-state index is -2.20.